The van der Waals surface area contributed by atoms with Crippen LogP contribution in [0.4, 0.5) is 0 Å². The van der Waals surface area contributed by atoms with Gasteiger partial charge in [0.25, 0.3) is 0 Å². The van der Waals surface area contributed by atoms with Crippen LogP contribution in [0, 0.1) is 11.8 Å². The Labute approximate surface area is 186 Å². The zero-order valence-corrected chi connectivity index (χ0v) is 19.8. The van der Waals surface area contributed by atoms with Gasteiger partial charge >= 0.3 is 0 Å². The van der Waals surface area contributed by atoms with Crippen LogP contribution >= 0.6 is 0 Å². The molecular formula is C24H36N2O4S. The maximum Gasteiger partial charge on any atom is 0.247 e. The maximum absolute atomic E-state index is 13.5. The Morgan fingerprint density at radius 2 is 2.06 bits per heavy atom. The Morgan fingerprint density at radius 3 is 2.71 bits per heavy atom. The highest BCUT2D eigenvalue weighted by atomic mass is 32.2. The van der Waals surface area contributed by atoms with E-state index in [-0.39, 0.29) is 23.5 Å². The second kappa shape index (κ2) is 9.22. The molecular weight excluding hydrogens is 412 g/mol. The summed E-state index contributed by atoms with van der Waals surface area (Å²) in [4.78, 5) is 2.52. The normalized spacial score (nSPS) is 27.2. The van der Waals surface area contributed by atoms with Gasteiger partial charge in [0.15, 0.2) is 0 Å². The van der Waals surface area contributed by atoms with Gasteiger partial charge < -0.3 is 14.7 Å². The molecule has 6 nitrogen and oxygen atoms in total. The third-order valence-electron chi connectivity index (χ3n) is 6.84. The third-order valence-corrected chi connectivity index (χ3v) is 8.86. The van der Waals surface area contributed by atoms with E-state index in [9.17, 15) is 13.5 Å². The zero-order valence-electron chi connectivity index (χ0n) is 19.0. The molecule has 3 atom stereocenters. The lowest BCUT2D eigenvalue weighted by molar-refractivity contribution is 0.0740. The van der Waals surface area contributed by atoms with E-state index in [1.165, 1.54) is 22.7 Å². The molecule has 1 fully saturated rings. The first kappa shape index (κ1) is 22.8. The second-order valence-electron chi connectivity index (χ2n) is 9.69. The molecule has 2 aliphatic carbocycles. The van der Waals surface area contributed by atoms with Crippen molar-refractivity contribution in [3.63, 3.8) is 0 Å². The van der Waals surface area contributed by atoms with Crippen LogP contribution in [0.5, 0.6) is 5.75 Å². The van der Waals surface area contributed by atoms with Crippen LogP contribution in [-0.4, -0.2) is 68.2 Å². The quantitative estimate of drug-likeness (QED) is 0.693. The predicted octanol–water partition coefficient (Wildman–Crippen LogP) is 3.36. The fraction of sp³-hybridized carbons (Fsp3) is 0.667. The summed E-state index contributed by atoms with van der Waals surface area (Å²) in [7, 11) is -1.65. The number of hydrogen-bond donors (Lipinski definition) is 1. The molecule has 1 N–H and O–H groups in total. The van der Waals surface area contributed by atoms with E-state index in [1.807, 2.05) is 12.1 Å². The Bertz CT molecular complexity index is 926. The number of nitrogens with zero attached hydrogens (tertiary/aromatic N) is 2. The third kappa shape index (κ3) is 5.00. The highest BCUT2D eigenvalue weighted by Gasteiger charge is 2.38. The molecule has 31 heavy (non-hydrogen) atoms. The Balaban J connectivity index is 1.71. The van der Waals surface area contributed by atoms with Gasteiger partial charge in [0.2, 0.25) is 10.0 Å². The smallest absolute Gasteiger partial charge is 0.247 e. The summed E-state index contributed by atoms with van der Waals surface area (Å²) in [6.07, 6.45) is 7.93. The highest BCUT2D eigenvalue weighted by molar-refractivity contribution is 7.89. The van der Waals surface area contributed by atoms with E-state index in [1.54, 1.807) is 13.0 Å². The predicted molar refractivity (Wildman–Crippen MR) is 123 cm³/mol. The first-order valence-corrected chi connectivity index (χ1v) is 13.0. The molecule has 0 saturated heterocycles. The van der Waals surface area contributed by atoms with Crippen molar-refractivity contribution in [3.05, 3.63) is 29.8 Å². The Morgan fingerprint density at radius 1 is 1.29 bits per heavy atom. The molecule has 1 aromatic carbocycles. The van der Waals surface area contributed by atoms with Crippen molar-refractivity contribution < 1.29 is 18.3 Å². The van der Waals surface area contributed by atoms with Gasteiger partial charge in [-0.15, -0.1) is 0 Å². The average molecular weight is 449 g/mol. The summed E-state index contributed by atoms with van der Waals surface area (Å²) in [6, 6.07) is 5.02. The number of sulfonamides is 1. The van der Waals surface area contributed by atoms with E-state index in [4.69, 9.17) is 4.74 Å². The van der Waals surface area contributed by atoms with Gasteiger partial charge in [0.1, 0.15) is 16.7 Å². The fourth-order valence-electron chi connectivity index (χ4n) is 4.70. The average Bonchev–Trinajstić information content (AvgIpc) is 3.37. The van der Waals surface area contributed by atoms with Gasteiger partial charge in [-0.2, -0.15) is 4.31 Å². The Kier molecular flexibility index (Phi) is 6.77. The van der Waals surface area contributed by atoms with Crippen molar-refractivity contribution in [1.82, 2.24) is 9.21 Å². The molecule has 1 saturated carbocycles. The van der Waals surface area contributed by atoms with E-state index in [2.05, 4.69) is 24.9 Å². The molecule has 3 aliphatic rings. The van der Waals surface area contributed by atoms with Crippen LogP contribution in [-0.2, 0) is 10.0 Å². The molecule has 0 spiro atoms. The first-order valence-electron chi connectivity index (χ1n) is 11.6. The van der Waals surface area contributed by atoms with E-state index in [0.29, 0.717) is 12.3 Å². The molecule has 1 aliphatic heterocycles. The van der Waals surface area contributed by atoms with Crippen LogP contribution in [0.2, 0.25) is 0 Å². The van der Waals surface area contributed by atoms with E-state index >= 15 is 0 Å². The number of aliphatic hydroxyl groups excluding tert-OH is 1. The lowest BCUT2D eigenvalue weighted by Gasteiger charge is -2.37. The Hall–Kier alpha value is -1.41. The van der Waals surface area contributed by atoms with Crippen molar-refractivity contribution in [2.45, 2.75) is 63.0 Å². The van der Waals surface area contributed by atoms with E-state index in [0.717, 1.165) is 43.8 Å². The number of benzene rings is 1. The van der Waals surface area contributed by atoms with E-state index < -0.39 is 16.1 Å². The van der Waals surface area contributed by atoms with Crippen LogP contribution < -0.4 is 4.74 Å². The molecule has 4 rings (SSSR count). The SMILES string of the molecule is C[C@H](CO)N1C[C@H](C)[C@H](CN(C)CC2CC2)Oc2cc(C3=CCCC3)ccc2S1(=O)=O. The summed E-state index contributed by atoms with van der Waals surface area (Å²) in [6.45, 7) is 5.75. The van der Waals surface area contributed by atoms with Crippen LogP contribution in [0.3, 0.4) is 0 Å². The van der Waals surface area contributed by atoms with Crippen molar-refractivity contribution in [2.24, 2.45) is 11.8 Å². The standard InChI is InChI=1S/C24H36N2O4S/c1-17-13-26(18(2)16-27)31(28,29)24-11-10-21(20-6-4-5-7-20)12-22(24)30-23(17)15-25(3)14-19-8-9-19/h6,10-12,17-19,23,27H,4-5,7-9,13-16H2,1-3H3/t17-,18+,23-/m0/s1. The minimum atomic E-state index is -3.77. The lowest BCUT2D eigenvalue weighted by Crippen LogP contribution is -2.49. The van der Waals surface area contributed by atoms with Crippen LogP contribution in [0.1, 0.15) is 51.5 Å². The first-order chi connectivity index (χ1) is 14.8. The maximum atomic E-state index is 13.5. The summed E-state index contributed by atoms with van der Waals surface area (Å²) in [5.41, 5.74) is 2.31. The van der Waals surface area contributed by atoms with Crippen LogP contribution in [0.25, 0.3) is 5.57 Å². The molecule has 0 amide bonds. The fourth-order valence-corrected chi connectivity index (χ4v) is 6.52. The van der Waals surface area contributed by atoms with Gasteiger partial charge in [0, 0.05) is 31.6 Å². The molecule has 0 bridgehead atoms. The molecule has 0 aromatic heterocycles. The summed E-state index contributed by atoms with van der Waals surface area (Å²) in [5.74, 6) is 1.22. The molecule has 7 heteroatoms. The monoisotopic (exact) mass is 448 g/mol. The number of fused-ring (bicyclic) bond motifs is 1. The van der Waals surface area contributed by atoms with Gasteiger partial charge in [-0.3, -0.25) is 0 Å². The number of rotatable bonds is 7. The molecule has 0 unspecified atom stereocenters. The topological polar surface area (TPSA) is 70.1 Å². The zero-order chi connectivity index (χ0) is 22.2. The second-order valence-corrected chi connectivity index (χ2v) is 11.5. The molecule has 172 valence electrons. The summed E-state index contributed by atoms with van der Waals surface area (Å²) < 4.78 is 35.0. The number of hydrogen-bond acceptors (Lipinski definition) is 5. The van der Waals surface area contributed by atoms with Gasteiger partial charge in [0.05, 0.1) is 6.61 Å². The highest BCUT2D eigenvalue weighted by Crippen LogP contribution is 2.37. The van der Waals surface area contributed by atoms with Gasteiger partial charge in [-0.1, -0.05) is 19.1 Å². The molecule has 1 aromatic rings. The summed E-state index contributed by atoms with van der Waals surface area (Å²) >= 11 is 0. The van der Waals surface area contributed by atoms with Crippen molar-refractivity contribution in [2.75, 3.05) is 33.3 Å². The van der Waals surface area contributed by atoms with Crippen molar-refractivity contribution in [3.8, 4) is 5.75 Å². The lowest BCUT2D eigenvalue weighted by atomic mass is 10.0. The van der Waals surface area contributed by atoms with Crippen molar-refractivity contribution in [1.29, 1.82) is 0 Å². The number of aliphatic hydroxyl groups is 1. The number of allylic oxidation sites excluding steroid dienone is 2. The minimum Gasteiger partial charge on any atom is -0.487 e. The summed E-state index contributed by atoms with van der Waals surface area (Å²) in [5, 5.41) is 9.77. The van der Waals surface area contributed by atoms with Crippen molar-refractivity contribution >= 4 is 15.6 Å². The van der Waals surface area contributed by atoms with Crippen LogP contribution in [0.15, 0.2) is 29.2 Å². The van der Waals surface area contributed by atoms with Gasteiger partial charge in [-0.25, -0.2) is 8.42 Å². The minimum absolute atomic E-state index is 0.00655. The van der Waals surface area contributed by atoms with Gasteiger partial charge in [-0.05, 0) is 75.3 Å². The molecule has 1 heterocycles. The number of ether oxygens (including phenoxy) is 1. The largest absolute Gasteiger partial charge is 0.487 e. The molecule has 0 radical (unpaired) electrons. The number of likely N-dealkylation sites (N-methyl/N-ethyl adjacent to an activating group) is 1.